The average molecular weight is 493 g/mol. The van der Waals surface area contributed by atoms with Crippen molar-refractivity contribution in [3.63, 3.8) is 0 Å². The van der Waals surface area contributed by atoms with Crippen molar-refractivity contribution in [3.8, 4) is 16.3 Å². The number of ether oxygens (including phenoxy) is 2. The van der Waals surface area contributed by atoms with Gasteiger partial charge in [0.2, 0.25) is 5.78 Å². The SMILES string of the molecule is COCCN1C(=O)C(O)=C(C(=O)c2sc(-c3ccccc3)nc2C)C1c1cccc(OC(C)=O)c1. The Morgan fingerprint density at radius 2 is 1.89 bits per heavy atom. The summed E-state index contributed by atoms with van der Waals surface area (Å²) >= 11 is 1.21. The number of rotatable bonds is 8. The first-order chi connectivity index (χ1) is 16.8. The van der Waals surface area contributed by atoms with E-state index in [1.54, 1.807) is 31.2 Å². The Kier molecular flexibility index (Phi) is 7.09. The summed E-state index contributed by atoms with van der Waals surface area (Å²) in [4.78, 5) is 44.5. The van der Waals surface area contributed by atoms with Gasteiger partial charge in [-0.1, -0.05) is 42.5 Å². The van der Waals surface area contributed by atoms with Gasteiger partial charge in [0, 0.05) is 26.1 Å². The lowest BCUT2D eigenvalue weighted by Crippen LogP contribution is -2.34. The summed E-state index contributed by atoms with van der Waals surface area (Å²) < 4.78 is 10.3. The van der Waals surface area contributed by atoms with Crippen LogP contribution in [0.1, 0.15) is 33.9 Å². The van der Waals surface area contributed by atoms with Gasteiger partial charge in [-0.3, -0.25) is 14.4 Å². The van der Waals surface area contributed by atoms with E-state index in [0.717, 1.165) is 5.56 Å². The van der Waals surface area contributed by atoms with Crippen LogP contribution in [0.25, 0.3) is 10.6 Å². The van der Waals surface area contributed by atoms with E-state index in [-0.39, 0.29) is 24.5 Å². The third kappa shape index (κ3) is 4.87. The molecule has 0 aliphatic carbocycles. The van der Waals surface area contributed by atoms with Crippen LogP contribution in [-0.2, 0) is 14.3 Å². The Labute approximate surface area is 206 Å². The number of benzene rings is 2. The van der Waals surface area contributed by atoms with Crippen LogP contribution in [0.3, 0.4) is 0 Å². The monoisotopic (exact) mass is 492 g/mol. The van der Waals surface area contributed by atoms with Gasteiger partial charge in [-0.25, -0.2) is 4.98 Å². The molecule has 0 bridgehead atoms. The molecule has 0 saturated carbocycles. The molecule has 2 heterocycles. The molecular formula is C26H24N2O6S. The molecule has 180 valence electrons. The van der Waals surface area contributed by atoms with E-state index < -0.39 is 29.5 Å². The number of hydrogen-bond acceptors (Lipinski definition) is 8. The van der Waals surface area contributed by atoms with Crippen molar-refractivity contribution >= 4 is 29.0 Å². The maximum Gasteiger partial charge on any atom is 0.308 e. The molecule has 3 aromatic rings. The highest BCUT2D eigenvalue weighted by Gasteiger charge is 2.44. The van der Waals surface area contributed by atoms with Crippen LogP contribution in [0.2, 0.25) is 0 Å². The van der Waals surface area contributed by atoms with Crippen molar-refractivity contribution in [2.24, 2.45) is 0 Å². The standard InChI is InChI=1S/C26H24N2O6S/c1-15-24(35-25(27-15)17-8-5-4-6-9-17)22(30)20-21(28(12-13-33-3)26(32)23(20)31)18-10-7-11-19(14-18)34-16(2)29/h4-11,14,21,31H,12-13H2,1-3H3. The molecule has 35 heavy (non-hydrogen) atoms. The summed E-state index contributed by atoms with van der Waals surface area (Å²) in [7, 11) is 1.50. The number of thiazole rings is 1. The van der Waals surface area contributed by atoms with Gasteiger partial charge < -0.3 is 19.5 Å². The van der Waals surface area contributed by atoms with Crippen molar-refractivity contribution in [2.75, 3.05) is 20.3 Å². The average Bonchev–Trinajstić information content (AvgIpc) is 3.35. The normalized spacial score (nSPS) is 15.6. The minimum Gasteiger partial charge on any atom is -0.503 e. The van der Waals surface area contributed by atoms with E-state index >= 15 is 0 Å². The van der Waals surface area contributed by atoms with Crippen LogP contribution < -0.4 is 4.74 Å². The van der Waals surface area contributed by atoms with Crippen molar-refractivity contribution in [1.82, 2.24) is 9.88 Å². The fraction of sp³-hybridized carbons (Fsp3) is 0.231. The van der Waals surface area contributed by atoms with Gasteiger partial charge in [0.1, 0.15) is 10.8 Å². The molecule has 1 amide bonds. The molecular weight excluding hydrogens is 468 g/mol. The topological polar surface area (TPSA) is 106 Å². The minimum atomic E-state index is -0.887. The summed E-state index contributed by atoms with van der Waals surface area (Å²) in [5.74, 6) is -1.98. The number of nitrogens with zero attached hydrogens (tertiary/aromatic N) is 2. The fourth-order valence-corrected chi connectivity index (χ4v) is 5.03. The fourth-order valence-electron chi connectivity index (χ4n) is 4.00. The van der Waals surface area contributed by atoms with E-state index in [1.807, 2.05) is 30.3 Å². The second-order valence-electron chi connectivity index (χ2n) is 7.95. The molecule has 9 heteroatoms. The molecule has 0 saturated heterocycles. The Balaban J connectivity index is 1.78. The third-order valence-electron chi connectivity index (χ3n) is 5.54. The number of aromatic nitrogens is 1. The number of aliphatic hydroxyl groups excluding tert-OH is 1. The Bertz CT molecular complexity index is 1310. The lowest BCUT2D eigenvalue weighted by Gasteiger charge is -2.26. The van der Waals surface area contributed by atoms with Crippen molar-refractivity contribution in [3.05, 3.63) is 82.1 Å². The highest BCUT2D eigenvalue weighted by molar-refractivity contribution is 7.17. The zero-order valence-corrected chi connectivity index (χ0v) is 20.3. The number of carbonyl (C=O) groups excluding carboxylic acids is 3. The number of amides is 1. The van der Waals surface area contributed by atoms with E-state index in [1.165, 1.54) is 30.3 Å². The first-order valence-corrected chi connectivity index (χ1v) is 11.7. The van der Waals surface area contributed by atoms with Gasteiger partial charge in [0.15, 0.2) is 5.76 Å². The number of Topliss-reactive ketones (excluding diaryl/α,β-unsaturated/α-hetero) is 1. The molecule has 8 nitrogen and oxygen atoms in total. The van der Waals surface area contributed by atoms with Crippen molar-refractivity contribution in [2.45, 2.75) is 19.9 Å². The molecule has 0 spiro atoms. The molecule has 0 fully saturated rings. The second-order valence-corrected chi connectivity index (χ2v) is 8.95. The first-order valence-electron chi connectivity index (χ1n) is 10.9. The summed E-state index contributed by atoms with van der Waals surface area (Å²) in [5.41, 5.74) is 1.85. The number of aryl methyl sites for hydroxylation is 1. The summed E-state index contributed by atoms with van der Waals surface area (Å²) in [6.07, 6.45) is 0. The molecule has 0 radical (unpaired) electrons. The maximum absolute atomic E-state index is 13.8. The lowest BCUT2D eigenvalue weighted by molar-refractivity contribution is -0.132. The van der Waals surface area contributed by atoms with Crippen LogP contribution >= 0.6 is 11.3 Å². The molecule has 1 aromatic heterocycles. The number of aliphatic hydroxyl groups is 1. The van der Waals surface area contributed by atoms with Crippen LogP contribution in [0.4, 0.5) is 0 Å². The van der Waals surface area contributed by atoms with Crippen LogP contribution in [0, 0.1) is 6.92 Å². The summed E-state index contributed by atoms with van der Waals surface area (Å²) in [5, 5.41) is 11.5. The summed E-state index contributed by atoms with van der Waals surface area (Å²) in [6, 6.07) is 15.1. The Hall–Kier alpha value is -3.82. The number of carbonyl (C=O) groups is 3. The number of esters is 1. The zero-order chi connectivity index (χ0) is 25.1. The van der Waals surface area contributed by atoms with E-state index in [0.29, 0.717) is 21.1 Å². The van der Waals surface area contributed by atoms with Crippen LogP contribution in [-0.4, -0.2) is 52.9 Å². The predicted molar refractivity (Wildman–Crippen MR) is 130 cm³/mol. The quantitative estimate of drug-likeness (QED) is 0.284. The molecule has 1 atom stereocenters. The number of ketones is 1. The first kappa shape index (κ1) is 24.3. The molecule has 1 aliphatic rings. The van der Waals surface area contributed by atoms with Gasteiger partial charge in [0.05, 0.1) is 28.8 Å². The van der Waals surface area contributed by atoms with E-state index in [9.17, 15) is 19.5 Å². The van der Waals surface area contributed by atoms with Crippen LogP contribution in [0.15, 0.2) is 65.9 Å². The highest BCUT2D eigenvalue weighted by atomic mass is 32.1. The molecule has 1 aliphatic heterocycles. The lowest BCUT2D eigenvalue weighted by atomic mass is 9.95. The number of methoxy groups -OCH3 is 1. The largest absolute Gasteiger partial charge is 0.503 e. The Morgan fingerprint density at radius 1 is 1.14 bits per heavy atom. The zero-order valence-electron chi connectivity index (χ0n) is 19.5. The van der Waals surface area contributed by atoms with Gasteiger partial charge in [0.25, 0.3) is 5.91 Å². The molecule has 1 unspecified atom stereocenters. The third-order valence-corrected chi connectivity index (χ3v) is 6.75. The highest BCUT2D eigenvalue weighted by Crippen LogP contribution is 2.41. The van der Waals surface area contributed by atoms with Gasteiger partial charge in [-0.15, -0.1) is 11.3 Å². The van der Waals surface area contributed by atoms with Gasteiger partial charge in [-0.2, -0.15) is 0 Å². The minimum absolute atomic E-state index is 0.0440. The molecule has 2 aromatic carbocycles. The predicted octanol–water partition coefficient (Wildman–Crippen LogP) is 4.27. The van der Waals surface area contributed by atoms with Crippen molar-refractivity contribution in [1.29, 1.82) is 0 Å². The van der Waals surface area contributed by atoms with E-state index in [4.69, 9.17) is 9.47 Å². The van der Waals surface area contributed by atoms with E-state index in [2.05, 4.69) is 4.98 Å². The molecule has 4 rings (SSSR count). The van der Waals surface area contributed by atoms with Crippen LogP contribution in [0.5, 0.6) is 5.75 Å². The number of hydrogen-bond donors (Lipinski definition) is 1. The maximum atomic E-state index is 13.8. The van der Waals surface area contributed by atoms with Crippen molar-refractivity contribution < 1.29 is 29.0 Å². The Morgan fingerprint density at radius 3 is 2.57 bits per heavy atom. The summed E-state index contributed by atoms with van der Waals surface area (Å²) in [6.45, 7) is 3.37. The van der Waals surface area contributed by atoms with Gasteiger partial charge >= 0.3 is 5.97 Å². The van der Waals surface area contributed by atoms with Gasteiger partial charge in [-0.05, 0) is 24.6 Å². The molecule has 1 N–H and O–H groups in total. The second kappa shape index (κ2) is 10.2. The smallest absolute Gasteiger partial charge is 0.308 e.